The van der Waals surface area contributed by atoms with Crippen molar-refractivity contribution in [3.05, 3.63) is 23.3 Å². The number of aldehydes is 1. The van der Waals surface area contributed by atoms with Crippen LogP contribution in [0.15, 0.2) is 23.3 Å². The molecular weight excluding hydrogens is 686 g/mol. The second kappa shape index (κ2) is 16.4. The Bertz CT molecular complexity index is 1340. The average Bonchev–Trinajstić information content (AvgIpc) is 3.27. The van der Waals surface area contributed by atoms with Gasteiger partial charge in [0.1, 0.15) is 24.0 Å². The summed E-state index contributed by atoms with van der Waals surface area (Å²) in [5.41, 5.74) is 0.615. The molecule has 2 aliphatic rings. The molecule has 1 aliphatic carbocycles. The van der Waals surface area contributed by atoms with Gasteiger partial charge in [-0.15, -0.1) is 0 Å². The van der Waals surface area contributed by atoms with E-state index in [-0.39, 0.29) is 33.9 Å². The van der Waals surface area contributed by atoms with Crippen LogP contribution in [0.3, 0.4) is 0 Å². The maximum atomic E-state index is 14.6. The molecule has 0 unspecified atom stereocenters. The first-order valence-corrected chi connectivity index (χ1v) is 25.9. The molecule has 0 bridgehead atoms. The molecule has 1 N–H and O–H groups in total. The highest BCUT2D eigenvalue weighted by Crippen LogP contribution is 2.58. The zero-order valence-electron chi connectivity index (χ0n) is 34.3. The van der Waals surface area contributed by atoms with Gasteiger partial charge in [0.2, 0.25) is 5.91 Å². The summed E-state index contributed by atoms with van der Waals surface area (Å²) >= 11 is 0. The number of carbonyl (C=O) groups excluding carboxylic acids is 3. The lowest BCUT2D eigenvalue weighted by Crippen LogP contribution is -2.53. The topological polar surface area (TPSA) is 117 Å². The first kappa shape index (κ1) is 45.0. The number of hydrogen-bond acceptors (Lipinski definition) is 8. The Morgan fingerprint density at radius 3 is 2.00 bits per heavy atom. The molecular formula is C38H70NO8PSi2. The van der Waals surface area contributed by atoms with Crippen LogP contribution in [0, 0.1) is 29.1 Å². The lowest BCUT2D eigenvalue weighted by Gasteiger charge is -2.45. The van der Waals surface area contributed by atoms with Crippen LogP contribution in [0.5, 0.6) is 0 Å². The minimum absolute atomic E-state index is 0.0562. The number of carbonyl (C=O) groups is 3. The van der Waals surface area contributed by atoms with E-state index in [0.29, 0.717) is 18.8 Å². The van der Waals surface area contributed by atoms with Crippen molar-refractivity contribution in [2.24, 2.45) is 29.1 Å². The molecule has 0 aromatic rings. The molecule has 2 rings (SSSR count). The molecule has 0 radical (unpaired) electrons. The van der Waals surface area contributed by atoms with E-state index in [0.717, 1.165) is 23.9 Å². The summed E-state index contributed by atoms with van der Waals surface area (Å²) < 4.78 is 37.4. The monoisotopic (exact) mass is 755 g/mol. The summed E-state index contributed by atoms with van der Waals surface area (Å²) in [5.74, 6) is -1.42. The predicted molar refractivity (Wildman–Crippen MR) is 208 cm³/mol. The van der Waals surface area contributed by atoms with Crippen molar-refractivity contribution in [1.82, 2.24) is 5.32 Å². The van der Waals surface area contributed by atoms with Crippen molar-refractivity contribution in [2.75, 3.05) is 20.4 Å². The molecule has 1 aliphatic heterocycles. The van der Waals surface area contributed by atoms with Crippen molar-refractivity contribution >= 4 is 42.2 Å². The van der Waals surface area contributed by atoms with Crippen LogP contribution >= 0.6 is 7.60 Å². The molecule has 1 fully saturated rings. The molecule has 0 saturated carbocycles. The highest BCUT2D eigenvalue weighted by molar-refractivity contribution is 7.54. The van der Waals surface area contributed by atoms with Crippen molar-refractivity contribution in [3.63, 3.8) is 0 Å². The SMILES string of the molecule is COP(=O)(CC(=O)[C@@]12C(=O)N[C@@H](CC(C)C)[C@@H]1[C@H](C)C(C)=C[C@@H]2/C=C(\C)CC[C@@H](O[Si](C)(C)C(C)(C)C)[C@H](C=O)O[Si](C)(C)C(C)(C)C)OC. The molecule has 7 atom stereocenters. The Morgan fingerprint density at radius 1 is 1.02 bits per heavy atom. The van der Waals surface area contributed by atoms with E-state index in [1.807, 2.05) is 19.1 Å². The lowest BCUT2D eigenvalue weighted by atomic mass is 9.55. The summed E-state index contributed by atoms with van der Waals surface area (Å²) in [6, 6.07) is -0.214. The predicted octanol–water partition coefficient (Wildman–Crippen LogP) is 9.11. The normalized spacial score (nSPS) is 26.7. The van der Waals surface area contributed by atoms with Gasteiger partial charge in [-0.2, -0.15) is 0 Å². The Kier molecular flexibility index (Phi) is 14.8. The maximum Gasteiger partial charge on any atom is 0.337 e. The molecule has 9 nitrogen and oxygen atoms in total. The van der Waals surface area contributed by atoms with Gasteiger partial charge in [-0.25, -0.2) is 0 Å². The number of amides is 1. The van der Waals surface area contributed by atoms with Crippen molar-refractivity contribution in [3.8, 4) is 0 Å². The summed E-state index contributed by atoms with van der Waals surface area (Å²) in [6.07, 6.45) is 5.15. The lowest BCUT2D eigenvalue weighted by molar-refractivity contribution is -0.143. The van der Waals surface area contributed by atoms with Crippen molar-refractivity contribution < 1.29 is 36.8 Å². The first-order valence-electron chi connectivity index (χ1n) is 18.4. The number of hydrogen-bond donors (Lipinski definition) is 1. The maximum absolute atomic E-state index is 14.6. The molecule has 1 saturated heterocycles. The number of ketones is 1. The second-order valence-electron chi connectivity index (χ2n) is 18.3. The van der Waals surface area contributed by atoms with Crippen molar-refractivity contribution in [2.45, 2.75) is 150 Å². The third kappa shape index (κ3) is 9.66. The summed E-state index contributed by atoms with van der Waals surface area (Å²) in [7, 11) is -5.84. The van der Waals surface area contributed by atoms with E-state index < -0.39 is 59.7 Å². The second-order valence-corrected chi connectivity index (χ2v) is 30.1. The van der Waals surface area contributed by atoms with Crippen LogP contribution in [0.2, 0.25) is 36.3 Å². The van der Waals surface area contributed by atoms with E-state index in [9.17, 15) is 18.9 Å². The Balaban J connectivity index is 2.65. The number of Topliss-reactive ketones (excluding diaryl/α,β-unsaturated/α-hetero) is 1. The van der Waals surface area contributed by atoms with Gasteiger partial charge in [-0.1, -0.05) is 85.6 Å². The molecule has 0 aromatic carbocycles. The standard InChI is InChI=1S/C38H70NO8PSi2/c1-25(2)20-30-34-28(5)27(4)22-29(38(34,35(42)39-30)33(41)24-48(43,44-12)45-13)21-26(3)18-19-31(46-49(14,15)36(6,7)8)32(23-40)47-50(16,17)37(9,10)11/h21-23,25,28-32,34H,18-20,24H2,1-17H3,(H,39,42)/b26-21+/t28-,29+,30+,31-,32+,34+,38-/m1/s1. The largest absolute Gasteiger partial charge is 0.411 e. The molecule has 12 heteroatoms. The van der Waals surface area contributed by atoms with Crippen LogP contribution in [-0.2, 0) is 36.8 Å². The van der Waals surface area contributed by atoms with E-state index in [1.54, 1.807) is 0 Å². The third-order valence-electron chi connectivity index (χ3n) is 12.2. The summed E-state index contributed by atoms with van der Waals surface area (Å²) in [5, 5.41) is 3.05. The first-order chi connectivity index (χ1) is 22.6. The van der Waals surface area contributed by atoms with Crippen LogP contribution in [0.25, 0.3) is 0 Å². The Labute approximate surface area is 306 Å². The molecule has 1 amide bonds. The van der Waals surface area contributed by atoms with Gasteiger partial charge in [0, 0.05) is 32.1 Å². The van der Waals surface area contributed by atoms with Crippen LogP contribution in [0.1, 0.15) is 95.4 Å². The van der Waals surface area contributed by atoms with Gasteiger partial charge in [0.15, 0.2) is 22.4 Å². The van der Waals surface area contributed by atoms with E-state index in [2.05, 4.69) is 101 Å². The molecule has 288 valence electrons. The number of allylic oxidation sites excluding steroid dienone is 4. The fourth-order valence-electron chi connectivity index (χ4n) is 7.03. The highest BCUT2D eigenvalue weighted by Gasteiger charge is 2.66. The molecule has 1 heterocycles. The minimum atomic E-state index is -3.76. The van der Waals surface area contributed by atoms with E-state index in [4.69, 9.17) is 17.9 Å². The Hall–Kier alpha value is -1.21. The number of rotatable bonds is 17. The van der Waals surface area contributed by atoms with Gasteiger partial charge in [-0.3, -0.25) is 14.2 Å². The Morgan fingerprint density at radius 2 is 1.54 bits per heavy atom. The minimum Gasteiger partial charge on any atom is -0.411 e. The zero-order valence-corrected chi connectivity index (χ0v) is 37.2. The van der Waals surface area contributed by atoms with Gasteiger partial charge in [0.05, 0.1) is 6.10 Å². The fourth-order valence-corrected chi connectivity index (χ4v) is 10.7. The fraction of sp³-hybridized carbons (Fsp3) is 0.816. The zero-order chi connectivity index (χ0) is 38.8. The van der Waals surface area contributed by atoms with Gasteiger partial charge < -0.3 is 28.0 Å². The van der Waals surface area contributed by atoms with Gasteiger partial charge >= 0.3 is 7.60 Å². The molecule has 0 aromatic heterocycles. The summed E-state index contributed by atoms with van der Waals surface area (Å²) in [6.45, 7) is 32.1. The molecule has 50 heavy (non-hydrogen) atoms. The van der Waals surface area contributed by atoms with Gasteiger partial charge in [0.25, 0.3) is 0 Å². The average molecular weight is 756 g/mol. The number of fused-ring (bicyclic) bond motifs is 1. The third-order valence-corrected chi connectivity index (χ3v) is 23.0. The van der Waals surface area contributed by atoms with Crippen LogP contribution < -0.4 is 5.32 Å². The van der Waals surface area contributed by atoms with E-state index >= 15 is 0 Å². The highest BCUT2D eigenvalue weighted by atomic mass is 31.2. The molecule has 0 spiro atoms. The smallest absolute Gasteiger partial charge is 0.337 e. The quantitative estimate of drug-likeness (QED) is 0.0514. The summed E-state index contributed by atoms with van der Waals surface area (Å²) in [4.78, 5) is 41.6. The van der Waals surface area contributed by atoms with Crippen molar-refractivity contribution in [1.29, 1.82) is 0 Å². The van der Waals surface area contributed by atoms with Gasteiger partial charge in [-0.05, 0) is 81.2 Å². The van der Waals surface area contributed by atoms with Crippen LogP contribution in [-0.4, -0.2) is 73.2 Å². The van der Waals surface area contributed by atoms with Crippen LogP contribution in [0.4, 0.5) is 0 Å². The van der Waals surface area contributed by atoms with E-state index in [1.165, 1.54) is 14.2 Å². The number of nitrogens with one attached hydrogen (secondary N) is 1.